The van der Waals surface area contributed by atoms with Crippen LogP contribution in [-0.4, -0.2) is 24.7 Å². The first-order chi connectivity index (χ1) is 11.3. The molecule has 0 saturated heterocycles. The second-order valence-corrected chi connectivity index (χ2v) is 6.08. The quantitative estimate of drug-likeness (QED) is 0.502. The van der Waals surface area contributed by atoms with Gasteiger partial charge in [0.2, 0.25) is 0 Å². The molecule has 3 rings (SSSR count). The second kappa shape index (κ2) is 7.39. The number of thioether (sulfide) groups is 1. The highest BCUT2D eigenvalue weighted by molar-refractivity contribution is 7.98. The third-order valence-corrected chi connectivity index (χ3v) is 4.33. The number of hydrogen-bond acceptors (Lipinski definition) is 5. The Morgan fingerprint density at radius 2 is 2.00 bits per heavy atom. The van der Waals surface area contributed by atoms with E-state index in [0.717, 1.165) is 22.2 Å². The van der Waals surface area contributed by atoms with Crippen LogP contribution in [0.25, 0.3) is 11.4 Å². The molecule has 23 heavy (non-hydrogen) atoms. The lowest BCUT2D eigenvalue weighted by molar-refractivity contribution is 0.731. The lowest BCUT2D eigenvalue weighted by Gasteiger charge is -2.07. The molecule has 0 aliphatic carbocycles. The Hall–Kier alpha value is -2.18. The van der Waals surface area contributed by atoms with E-state index in [1.165, 1.54) is 0 Å². The van der Waals surface area contributed by atoms with Crippen molar-refractivity contribution in [3.63, 3.8) is 0 Å². The van der Waals surface area contributed by atoms with E-state index in [0.29, 0.717) is 17.3 Å². The van der Waals surface area contributed by atoms with Crippen molar-refractivity contribution in [1.29, 1.82) is 0 Å². The molecular formula is C16H14ClN5S. The van der Waals surface area contributed by atoms with Gasteiger partial charge in [0.05, 0.1) is 10.7 Å². The van der Waals surface area contributed by atoms with Crippen molar-refractivity contribution in [2.24, 2.45) is 0 Å². The number of allylic oxidation sites excluding steroid dienone is 1. The van der Waals surface area contributed by atoms with Crippen molar-refractivity contribution in [2.45, 2.75) is 17.5 Å². The molecule has 3 heterocycles. The molecular weight excluding hydrogens is 330 g/mol. The summed E-state index contributed by atoms with van der Waals surface area (Å²) in [5.41, 5.74) is 1.92. The summed E-state index contributed by atoms with van der Waals surface area (Å²) < 4.78 is 2.03. The van der Waals surface area contributed by atoms with Crippen LogP contribution in [0.3, 0.4) is 0 Å². The van der Waals surface area contributed by atoms with Gasteiger partial charge in [-0.15, -0.1) is 16.8 Å². The molecule has 0 aliphatic rings. The maximum atomic E-state index is 5.85. The zero-order valence-corrected chi connectivity index (χ0v) is 13.8. The first-order valence-corrected chi connectivity index (χ1v) is 8.32. The summed E-state index contributed by atoms with van der Waals surface area (Å²) in [7, 11) is 0. The smallest absolute Gasteiger partial charge is 0.192 e. The summed E-state index contributed by atoms with van der Waals surface area (Å²) in [5.74, 6) is 1.50. The normalized spacial score (nSPS) is 10.7. The molecule has 0 atom stereocenters. The molecule has 0 radical (unpaired) electrons. The van der Waals surface area contributed by atoms with Crippen molar-refractivity contribution in [3.8, 4) is 11.4 Å². The molecule has 7 heteroatoms. The molecule has 3 aromatic rings. The van der Waals surface area contributed by atoms with Gasteiger partial charge in [-0.1, -0.05) is 29.4 Å². The van der Waals surface area contributed by atoms with Gasteiger partial charge in [-0.2, -0.15) is 0 Å². The molecule has 0 amide bonds. The maximum absolute atomic E-state index is 5.85. The number of rotatable bonds is 6. The third kappa shape index (κ3) is 3.78. The average Bonchev–Trinajstić information content (AvgIpc) is 2.98. The number of halogens is 1. The zero-order chi connectivity index (χ0) is 16.1. The van der Waals surface area contributed by atoms with Crippen LogP contribution in [0.2, 0.25) is 5.02 Å². The summed E-state index contributed by atoms with van der Waals surface area (Å²) in [5, 5.41) is 10.1. The molecule has 0 aliphatic heterocycles. The molecule has 0 N–H and O–H groups in total. The molecule has 0 saturated carbocycles. The summed E-state index contributed by atoms with van der Waals surface area (Å²) >= 11 is 7.44. The van der Waals surface area contributed by atoms with Gasteiger partial charge in [0.1, 0.15) is 0 Å². The summed E-state index contributed by atoms with van der Waals surface area (Å²) in [6.45, 7) is 4.45. The molecule has 0 bridgehead atoms. The fourth-order valence-electron chi connectivity index (χ4n) is 2.03. The van der Waals surface area contributed by atoms with Crippen molar-refractivity contribution < 1.29 is 0 Å². The fourth-order valence-corrected chi connectivity index (χ4v) is 3.01. The summed E-state index contributed by atoms with van der Waals surface area (Å²) in [4.78, 5) is 8.33. The van der Waals surface area contributed by atoms with E-state index in [1.807, 2.05) is 34.9 Å². The second-order valence-electron chi connectivity index (χ2n) is 4.70. The lowest BCUT2D eigenvalue weighted by atomic mass is 10.2. The summed E-state index contributed by atoms with van der Waals surface area (Å²) in [6.07, 6.45) is 6.96. The molecule has 0 fully saturated rings. The minimum Gasteiger partial charge on any atom is -0.298 e. The van der Waals surface area contributed by atoms with E-state index in [9.17, 15) is 0 Å². The van der Waals surface area contributed by atoms with E-state index >= 15 is 0 Å². The number of pyridine rings is 2. The molecule has 0 spiro atoms. The largest absolute Gasteiger partial charge is 0.298 e. The molecule has 0 aromatic carbocycles. The van der Waals surface area contributed by atoms with E-state index in [1.54, 1.807) is 30.4 Å². The van der Waals surface area contributed by atoms with E-state index in [-0.39, 0.29) is 0 Å². The van der Waals surface area contributed by atoms with E-state index in [4.69, 9.17) is 11.6 Å². The van der Waals surface area contributed by atoms with Crippen molar-refractivity contribution in [2.75, 3.05) is 0 Å². The van der Waals surface area contributed by atoms with Crippen molar-refractivity contribution in [1.82, 2.24) is 24.7 Å². The minimum atomic E-state index is 0.633. The Labute approximate surface area is 143 Å². The Balaban J connectivity index is 1.83. The monoisotopic (exact) mass is 343 g/mol. The van der Waals surface area contributed by atoms with Gasteiger partial charge in [-0.25, -0.2) is 0 Å². The van der Waals surface area contributed by atoms with Crippen LogP contribution >= 0.6 is 23.4 Å². The lowest BCUT2D eigenvalue weighted by Crippen LogP contribution is -2.01. The number of aromatic nitrogens is 5. The maximum Gasteiger partial charge on any atom is 0.192 e. The zero-order valence-electron chi connectivity index (χ0n) is 12.3. The van der Waals surface area contributed by atoms with Gasteiger partial charge in [0, 0.05) is 36.5 Å². The Morgan fingerprint density at radius 1 is 1.17 bits per heavy atom. The van der Waals surface area contributed by atoms with Crippen LogP contribution < -0.4 is 0 Å². The van der Waals surface area contributed by atoms with Crippen molar-refractivity contribution in [3.05, 3.63) is 66.2 Å². The number of nitrogens with zero attached hydrogens (tertiary/aromatic N) is 5. The van der Waals surface area contributed by atoms with Crippen LogP contribution in [0.1, 0.15) is 5.69 Å². The van der Waals surface area contributed by atoms with Gasteiger partial charge in [-0.05, 0) is 24.3 Å². The van der Waals surface area contributed by atoms with Crippen LogP contribution in [0.4, 0.5) is 0 Å². The van der Waals surface area contributed by atoms with Gasteiger partial charge >= 0.3 is 0 Å². The van der Waals surface area contributed by atoms with Crippen LogP contribution in [-0.2, 0) is 12.3 Å². The molecule has 0 unspecified atom stereocenters. The fraction of sp³-hybridized carbons (Fsp3) is 0.125. The number of hydrogen-bond donors (Lipinski definition) is 0. The van der Waals surface area contributed by atoms with Gasteiger partial charge in [-0.3, -0.25) is 14.5 Å². The Kier molecular flexibility index (Phi) is 5.05. The van der Waals surface area contributed by atoms with Crippen LogP contribution in [0.5, 0.6) is 0 Å². The van der Waals surface area contributed by atoms with Gasteiger partial charge in [0.25, 0.3) is 0 Å². The molecule has 5 nitrogen and oxygen atoms in total. The van der Waals surface area contributed by atoms with E-state index in [2.05, 4.69) is 26.7 Å². The minimum absolute atomic E-state index is 0.633. The highest BCUT2D eigenvalue weighted by atomic mass is 35.5. The van der Waals surface area contributed by atoms with Crippen LogP contribution in [0.15, 0.2) is 60.7 Å². The third-order valence-electron chi connectivity index (χ3n) is 3.10. The highest BCUT2D eigenvalue weighted by Gasteiger charge is 2.13. The molecule has 3 aromatic heterocycles. The standard InChI is InChI=1S/C16H14ClN5S/c1-2-9-22-15(12-5-7-18-8-6-12)20-21-16(22)23-11-14-4-3-13(17)10-19-14/h2-8,10H,1,9,11H2. The van der Waals surface area contributed by atoms with E-state index < -0.39 is 0 Å². The average molecular weight is 344 g/mol. The first-order valence-electron chi connectivity index (χ1n) is 6.95. The Bertz CT molecular complexity index is 786. The highest BCUT2D eigenvalue weighted by Crippen LogP contribution is 2.26. The van der Waals surface area contributed by atoms with Crippen molar-refractivity contribution >= 4 is 23.4 Å². The van der Waals surface area contributed by atoms with Gasteiger partial charge < -0.3 is 0 Å². The topological polar surface area (TPSA) is 56.5 Å². The SMILES string of the molecule is C=CCn1c(SCc2ccc(Cl)cn2)nnc1-c1ccncc1. The first kappa shape index (κ1) is 15.7. The Morgan fingerprint density at radius 3 is 2.70 bits per heavy atom. The van der Waals surface area contributed by atoms with Gasteiger partial charge in [0.15, 0.2) is 11.0 Å². The predicted molar refractivity (Wildman–Crippen MR) is 92.3 cm³/mol. The predicted octanol–water partition coefficient (Wildman–Crippen LogP) is 3.87. The molecule has 116 valence electrons. The van der Waals surface area contributed by atoms with Crippen LogP contribution in [0, 0.1) is 0 Å². The summed E-state index contributed by atoms with van der Waals surface area (Å²) in [6, 6.07) is 7.58.